The predicted octanol–water partition coefficient (Wildman–Crippen LogP) is 2.12. The van der Waals surface area contributed by atoms with Gasteiger partial charge in [-0.1, -0.05) is 0 Å². The number of hydrogen-bond donors (Lipinski definition) is 2. The predicted molar refractivity (Wildman–Crippen MR) is 114 cm³/mol. The fraction of sp³-hybridized carbons (Fsp3) is 0.286. The molecule has 1 atom stereocenters. The Balaban J connectivity index is 1.68. The molecule has 0 unspecified atom stereocenters. The molecule has 0 saturated heterocycles. The van der Waals surface area contributed by atoms with Crippen LogP contribution in [0.3, 0.4) is 0 Å². The standard InChI is InChI=1S/C21H21N7O4/c1-10-19-13(12-7-14(31-3)20(30)15(8-12)32-4)9-18(29)22-21(19)28(25-10)17-6-5-16-24-23-11(2)27(16)26-17/h5-8,13,30H,9H2,1-4H3,(H,22,29)/t13-/m0/s1. The maximum atomic E-state index is 12.7. The van der Waals surface area contributed by atoms with Gasteiger partial charge in [-0.05, 0) is 43.7 Å². The van der Waals surface area contributed by atoms with Crippen molar-refractivity contribution < 1.29 is 19.4 Å². The Morgan fingerprint density at radius 1 is 1.09 bits per heavy atom. The second-order valence-corrected chi connectivity index (χ2v) is 7.55. The summed E-state index contributed by atoms with van der Waals surface area (Å²) in [5.41, 5.74) is 3.00. The fourth-order valence-corrected chi connectivity index (χ4v) is 4.11. The minimum Gasteiger partial charge on any atom is -0.502 e. The Bertz CT molecular complexity index is 1350. The SMILES string of the molecule is COc1cc([C@@H]2CC(=O)Nc3c2c(C)nn3-c2ccc3nnc(C)n3n2)cc(OC)c1O. The van der Waals surface area contributed by atoms with Crippen LogP contribution in [-0.4, -0.2) is 54.8 Å². The van der Waals surface area contributed by atoms with E-state index in [1.807, 2.05) is 13.8 Å². The molecule has 4 aromatic rings. The summed E-state index contributed by atoms with van der Waals surface area (Å²) >= 11 is 0. The number of nitrogens with one attached hydrogen (secondary N) is 1. The lowest BCUT2D eigenvalue weighted by Gasteiger charge is -2.25. The summed E-state index contributed by atoms with van der Waals surface area (Å²) < 4.78 is 13.8. The zero-order valence-electron chi connectivity index (χ0n) is 17.9. The number of amides is 1. The van der Waals surface area contributed by atoms with Crippen LogP contribution in [-0.2, 0) is 4.79 Å². The van der Waals surface area contributed by atoms with Crippen molar-refractivity contribution in [3.8, 4) is 23.1 Å². The number of phenols is 1. The van der Waals surface area contributed by atoms with Gasteiger partial charge in [0.2, 0.25) is 11.7 Å². The third-order valence-corrected chi connectivity index (χ3v) is 5.63. The Morgan fingerprint density at radius 2 is 1.81 bits per heavy atom. The van der Waals surface area contributed by atoms with E-state index in [9.17, 15) is 9.90 Å². The van der Waals surface area contributed by atoms with Gasteiger partial charge in [-0.2, -0.15) is 14.3 Å². The number of methoxy groups -OCH3 is 2. The average Bonchev–Trinajstić information content (AvgIpc) is 3.32. The Hall–Kier alpha value is -4.15. The van der Waals surface area contributed by atoms with E-state index in [1.54, 1.807) is 33.5 Å². The molecule has 32 heavy (non-hydrogen) atoms. The van der Waals surface area contributed by atoms with Crippen LogP contribution >= 0.6 is 0 Å². The smallest absolute Gasteiger partial charge is 0.226 e. The van der Waals surface area contributed by atoms with Gasteiger partial charge in [-0.15, -0.1) is 15.3 Å². The molecule has 5 rings (SSSR count). The summed E-state index contributed by atoms with van der Waals surface area (Å²) in [6.07, 6.45) is 0.216. The van der Waals surface area contributed by atoms with Crippen LogP contribution < -0.4 is 14.8 Å². The van der Waals surface area contributed by atoms with E-state index in [1.165, 1.54) is 14.2 Å². The molecule has 1 aliphatic rings. The van der Waals surface area contributed by atoms with Crippen molar-refractivity contribution in [2.24, 2.45) is 0 Å². The summed E-state index contributed by atoms with van der Waals surface area (Å²) in [5, 5.41) is 30.6. The highest BCUT2D eigenvalue weighted by molar-refractivity contribution is 5.95. The zero-order chi connectivity index (χ0) is 22.6. The third-order valence-electron chi connectivity index (χ3n) is 5.63. The molecule has 11 heteroatoms. The molecular formula is C21H21N7O4. The van der Waals surface area contributed by atoms with E-state index in [0.29, 0.717) is 23.1 Å². The van der Waals surface area contributed by atoms with Gasteiger partial charge in [-0.3, -0.25) is 4.79 Å². The summed E-state index contributed by atoms with van der Waals surface area (Å²) in [6, 6.07) is 7.00. The van der Waals surface area contributed by atoms with Crippen LogP contribution in [0, 0.1) is 13.8 Å². The largest absolute Gasteiger partial charge is 0.502 e. The van der Waals surface area contributed by atoms with E-state index in [0.717, 1.165) is 16.8 Å². The van der Waals surface area contributed by atoms with Crippen molar-refractivity contribution in [1.82, 2.24) is 29.6 Å². The number of phenolic OH excluding ortho intramolecular Hbond substituents is 1. The number of benzene rings is 1. The first-order valence-electron chi connectivity index (χ1n) is 9.95. The lowest BCUT2D eigenvalue weighted by molar-refractivity contribution is -0.116. The molecule has 0 fully saturated rings. The van der Waals surface area contributed by atoms with E-state index < -0.39 is 0 Å². The first kappa shape index (κ1) is 19.8. The molecule has 0 saturated carbocycles. The van der Waals surface area contributed by atoms with E-state index >= 15 is 0 Å². The Morgan fingerprint density at radius 3 is 2.50 bits per heavy atom. The highest BCUT2D eigenvalue weighted by atomic mass is 16.5. The number of aromatic hydroxyl groups is 1. The molecule has 0 radical (unpaired) electrons. The first-order valence-corrected chi connectivity index (χ1v) is 9.95. The van der Waals surface area contributed by atoms with Gasteiger partial charge >= 0.3 is 0 Å². The molecule has 3 aromatic heterocycles. The molecule has 0 aliphatic carbocycles. The number of carbonyl (C=O) groups excluding carboxylic acids is 1. The molecule has 0 spiro atoms. The van der Waals surface area contributed by atoms with Crippen LogP contribution in [0.5, 0.6) is 17.2 Å². The lowest BCUT2D eigenvalue weighted by atomic mass is 9.85. The van der Waals surface area contributed by atoms with Crippen molar-refractivity contribution in [2.75, 3.05) is 19.5 Å². The van der Waals surface area contributed by atoms with Crippen molar-refractivity contribution in [3.63, 3.8) is 0 Å². The molecule has 164 valence electrons. The fourth-order valence-electron chi connectivity index (χ4n) is 4.11. The number of hydrogen-bond acceptors (Lipinski definition) is 8. The number of anilines is 1. The van der Waals surface area contributed by atoms with Gasteiger partial charge in [0.05, 0.1) is 19.9 Å². The highest BCUT2D eigenvalue weighted by Gasteiger charge is 2.34. The number of rotatable bonds is 4. The maximum absolute atomic E-state index is 12.7. The monoisotopic (exact) mass is 435 g/mol. The van der Waals surface area contributed by atoms with Crippen LogP contribution in [0.2, 0.25) is 0 Å². The second kappa shape index (κ2) is 7.22. The van der Waals surface area contributed by atoms with Gasteiger partial charge in [0.1, 0.15) is 5.82 Å². The van der Waals surface area contributed by atoms with Crippen LogP contribution in [0.1, 0.15) is 35.0 Å². The van der Waals surface area contributed by atoms with Crippen molar-refractivity contribution in [1.29, 1.82) is 0 Å². The lowest BCUT2D eigenvalue weighted by Crippen LogP contribution is -2.25. The van der Waals surface area contributed by atoms with Crippen molar-refractivity contribution in [2.45, 2.75) is 26.2 Å². The minimum absolute atomic E-state index is 0.0894. The minimum atomic E-state index is -0.309. The summed E-state index contributed by atoms with van der Waals surface area (Å²) in [5.74, 6) is 1.70. The maximum Gasteiger partial charge on any atom is 0.226 e. The zero-order valence-corrected chi connectivity index (χ0v) is 17.9. The van der Waals surface area contributed by atoms with Crippen molar-refractivity contribution in [3.05, 3.63) is 46.9 Å². The molecular weight excluding hydrogens is 414 g/mol. The van der Waals surface area contributed by atoms with Crippen LogP contribution in [0.15, 0.2) is 24.3 Å². The average molecular weight is 435 g/mol. The van der Waals surface area contributed by atoms with Gasteiger partial charge in [-0.25, -0.2) is 0 Å². The Labute approximate surface area is 182 Å². The van der Waals surface area contributed by atoms with Crippen molar-refractivity contribution >= 4 is 17.4 Å². The van der Waals surface area contributed by atoms with E-state index in [4.69, 9.17) is 9.47 Å². The molecule has 11 nitrogen and oxygen atoms in total. The second-order valence-electron chi connectivity index (χ2n) is 7.55. The summed E-state index contributed by atoms with van der Waals surface area (Å²) in [4.78, 5) is 12.7. The van der Waals surface area contributed by atoms with E-state index in [2.05, 4.69) is 25.7 Å². The van der Waals surface area contributed by atoms with E-state index in [-0.39, 0.29) is 35.5 Å². The highest BCUT2D eigenvalue weighted by Crippen LogP contribution is 2.45. The van der Waals surface area contributed by atoms with Gasteiger partial charge < -0.3 is 19.9 Å². The number of aryl methyl sites for hydroxylation is 2. The molecule has 1 aromatic carbocycles. The molecule has 0 bridgehead atoms. The number of carbonyl (C=O) groups is 1. The third kappa shape index (κ3) is 2.93. The quantitative estimate of drug-likeness (QED) is 0.499. The number of aromatic nitrogens is 6. The van der Waals surface area contributed by atoms with Gasteiger partial charge in [0.25, 0.3) is 0 Å². The summed E-state index contributed by atoms with van der Waals surface area (Å²) in [6.45, 7) is 3.70. The van der Waals surface area contributed by atoms with Gasteiger partial charge in [0, 0.05) is 17.9 Å². The molecule has 2 N–H and O–H groups in total. The number of fused-ring (bicyclic) bond motifs is 2. The normalized spacial score (nSPS) is 15.5. The van der Waals surface area contributed by atoms with Gasteiger partial charge in [0.15, 0.2) is 28.8 Å². The molecule has 1 aliphatic heterocycles. The number of nitrogens with zero attached hydrogens (tertiary/aromatic N) is 6. The molecule has 4 heterocycles. The number of ether oxygens (including phenoxy) is 2. The topological polar surface area (TPSA) is 129 Å². The Kier molecular flexibility index (Phi) is 4.47. The first-order chi connectivity index (χ1) is 15.4. The van der Waals surface area contributed by atoms with Crippen LogP contribution in [0.25, 0.3) is 11.5 Å². The summed E-state index contributed by atoms with van der Waals surface area (Å²) in [7, 11) is 2.94. The van der Waals surface area contributed by atoms with Crippen LogP contribution in [0.4, 0.5) is 5.82 Å². The molecule has 1 amide bonds.